The Morgan fingerprint density at radius 3 is 2.88 bits per heavy atom. The molecule has 0 fully saturated rings. The van der Waals surface area contributed by atoms with Crippen molar-refractivity contribution in [1.29, 1.82) is 0 Å². The number of carbonyl (C=O) groups excluding carboxylic acids is 1. The van der Waals surface area contributed by atoms with E-state index < -0.39 is 10.8 Å². The third-order valence-corrected chi connectivity index (χ3v) is 2.97. The molecule has 0 spiro atoms. The Hall–Kier alpha value is -1.36. The first-order chi connectivity index (χ1) is 7.63. The Kier molecular flexibility index (Phi) is 2.96. The number of aromatic nitrogens is 2. The third-order valence-electron chi connectivity index (χ3n) is 2.26. The summed E-state index contributed by atoms with van der Waals surface area (Å²) >= 11 is 3.19. The minimum atomic E-state index is -0.606. The molecule has 0 saturated carbocycles. The van der Waals surface area contributed by atoms with Crippen molar-refractivity contribution < 1.29 is 9.18 Å². The van der Waals surface area contributed by atoms with Crippen LogP contribution in [-0.2, 0) is 4.79 Å². The fourth-order valence-electron chi connectivity index (χ4n) is 1.46. The third kappa shape index (κ3) is 1.82. The molecular weight excluding hydrogens is 275 g/mol. The minimum absolute atomic E-state index is 0.252. The van der Waals surface area contributed by atoms with E-state index in [2.05, 4.69) is 25.9 Å². The molecule has 0 radical (unpaired) electrons. The summed E-state index contributed by atoms with van der Waals surface area (Å²) < 4.78 is 13.3. The smallest absolute Gasteiger partial charge is 0.234 e. The van der Waals surface area contributed by atoms with Gasteiger partial charge >= 0.3 is 0 Å². The van der Waals surface area contributed by atoms with Crippen molar-refractivity contribution in [2.45, 2.75) is 11.8 Å². The second-order valence-electron chi connectivity index (χ2n) is 3.35. The largest absolute Gasteiger partial charge is 0.302 e. The van der Waals surface area contributed by atoms with Gasteiger partial charge in [0.1, 0.15) is 6.29 Å². The van der Waals surface area contributed by atoms with Gasteiger partial charge in [-0.05, 0) is 13.0 Å². The van der Waals surface area contributed by atoms with Gasteiger partial charge in [-0.3, -0.25) is 0 Å². The number of hydrogen-bond donors (Lipinski definition) is 0. The molecule has 0 aliphatic carbocycles. The Labute approximate surface area is 99.8 Å². The van der Waals surface area contributed by atoms with Crippen LogP contribution in [0.4, 0.5) is 4.39 Å². The van der Waals surface area contributed by atoms with Gasteiger partial charge in [-0.25, -0.2) is 9.97 Å². The molecule has 5 heteroatoms. The first kappa shape index (κ1) is 11.1. The Balaban J connectivity index is 2.76. The highest BCUT2D eigenvalue weighted by Crippen LogP contribution is 2.26. The first-order valence-electron chi connectivity index (χ1n) is 4.65. The summed E-state index contributed by atoms with van der Waals surface area (Å²) in [7, 11) is 0. The minimum Gasteiger partial charge on any atom is -0.302 e. The molecular formula is C11H8BrFN2O. The lowest BCUT2D eigenvalue weighted by molar-refractivity contribution is -0.107. The van der Waals surface area contributed by atoms with Crippen LogP contribution < -0.4 is 0 Å². The number of benzene rings is 1. The number of alkyl halides is 1. The van der Waals surface area contributed by atoms with E-state index in [0.717, 1.165) is 6.29 Å². The Bertz CT molecular complexity index is 559. The maximum Gasteiger partial charge on any atom is 0.234 e. The topological polar surface area (TPSA) is 42.9 Å². The molecule has 82 valence electrons. The number of aldehydes is 1. The van der Waals surface area contributed by atoms with Crippen molar-refractivity contribution in [2.24, 2.45) is 0 Å². The van der Waals surface area contributed by atoms with Crippen LogP contribution in [-0.4, -0.2) is 16.3 Å². The lowest BCUT2D eigenvalue weighted by atomic mass is 10.1. The molecule has 0 N–H and O–H groups in total. The summed E-state index contributed by atoms with van der Waals surface area (Å²) in [5.74, 6) is -0.606. The van der Waals surface area contributed by atoms with E-state index in [9.17, 15) is 9.18 Å². The molecule has 0 bridgehead atoms. The van der Waals surface area contributed by atoms with Crippen LogP contribution in [0, 0.1) is 12.9 Å². The van der Waals surface area contributed by atoms with Crippen LogP contribution in [0.5, 0.6) is 0 Å². The summed E-state index contributed by atoms with van der Waals surface area (Å²) in [5.41, 5.74) is 1.88. The summed E-state index contributed by atoms with van der Waals surface area (Å²) in [5, 5.41) is 0. The quantitative estimate of drug-likeness (QED) is 0.628. The SMILES string of the molecule is Cc1nc2cccc(C(Br)C=O)c2nc1F. The Morgan fingerprint density at radius 1 is 1.44 bits per heavy atom. The molecule has 1 unspecified atom stereocenters. The predicted octanol–water partition coefficient (Wildman–Crippen LogP) is 2.71. The summed E-state index contributed by atoms with van der Waals surface area (Å²) in [6, 6.07) is 5.23. The normalized spacial score (nSPS) is 12.7. The zero-order chi connectivity index (χ0) is 11.7. The number of carbonyl (C=O) groups is 1. The van der Waals surface area contributed by atoms with Gasteiger partial charge in [0.05, 0.1) is 21.6 Å². The summed E-state index contributed by atoms with van der Waals surface area (Å²) in [6.45, 7) is 1.56. The van der Waals surface area contributed by atoms with Gasteiger partial charge in [0, 0.05) is 5.56 Å². The standard InChI is InChI=1S/C11H8BrFN2O/c1-6-11(13)15-10-7(8(12)5-16)3-2-4-9(10)14-6/h2-5,8H,1H3. The first-order valence-corrected chi connectivity index (χ1v) is 5.57. The number of rotatable bonds is 2. The molecule has 2 rings (SSSR count). The van der Waals surface area contributed by atoms with Gasteiger partial charge in [-0.15, -0.1) is 0 Å². The molecule has 2 aromatic rings. The van der Waals surface area contributed by atoms with Gasteiger partial charge < -0.3 is 4.79 Å². The van der Waals surface area contributed by atoms with Crippen LogP contribution in [0.2, 0.25) is 0 Å². The zero-order valence-corrected chi connectivity index (χ0v) is 10.0. The predicted molar refractivity (Wildman–Crippen MR) is 62.0 cm³/mol. The monoisotopic (exact) mass is 282 g/mol. The van der Waals surface area contributed by atoms with E-state index in [0.29, 0.717) is 16.6 Å². The van der Waals surface area contributed by atoms with Gasteiger partial charge in [0.2, 0.25) is 5.95 Å². The van der Waals surface area contributed by atoms with Gasteiger partial charge in [-0.2, -0.15) is 4.39 Å². The number of halogens is 2. The van der Waals surface area contributed by atoms with Crippen molar-refractivity contribution in [3.05, 3.63) is 35.4 Å². The second kappa shape index (κ2) is 4.25. The molecule has 0 saturated heterocycles. The lowest BCUT2D eigenvalue weighted by Crippen LogP contribution is -1.99. The van der Waals surface area contributed by atoms with Crippen LogP contribution in [0.15, 0.2) is 18.2 Å². The van der Waals surface area contributed by atoms with Gasteiger partial charge in [-0.1, -0.05) is 28.1 Å². The fourth-order valence-corrected chi connectivity index (χ4v) is 1.83. The maximum absolute atomic E-state index is 13.3. The van der Waals surface area contributed by atoms with Crippen molar-refractivity contribution in [1.82, 2.24) is 9.97 Å². The molecule has 1 atom stereocenters. The number of fused-ring (bicyclic) bond motifs is 1. The number of aryl methyl sites for hydroxylation is 1. The van der Waals surface area contributed by atoms with Crippen LogP contribution >= 0.6 is 15.9 Å². The number of para-hydroxylation sites is 1. The summed E-state index contributed by atoms with van der Waals surface area (Å²) in [6.07, 6.45) is 0.730. The van der Waals surface area contributed by atoms with E-state index in [1.807, 2.05) is 0 Å². The highest BCUT2D eigenvalue weighted by molar-refractivity contribution is 9.09. The van der Waals surface area contributed by atoms with Gasteiger partial charge in [0.25, 0.3) is 0 Å². The maximum atomic E-state index is 13.3. The Morgan fingerprint density at radius 2 is 2.19 bits per heavy atom. The van der Waals surface area contributed by atoms with Gasteiger partial charge in [0.15, 0.2) is 0 Å². The van der Waals surface area contributed by atoms with Crippen molar-refractivity contribution >= 4 is 33.2 Å². The van der Waals surface area contributed by atoms with E-state index in [1.54, 1.807) is 25.1 Å². The number of hydrogen-bond acceptors (Lipinski definition) is 3. The zero-order valence-electron chi connectivity index (χ0n) is 8.45. The molecule has 1 aromatic heterocycles. The molecule has 0 aliphatic heterocycles. The molecule has 0 aliphatic rings. The van der Waals surface area contributed by atoms with Crippen LogP contribution in [0.25, 0.3) is 11.0 Å². The van der Waals surface area contributed by atoms with Crippen LogP contribution in [0.3, 0.4) is 0 Å². The fraction of sp³-hybridized carbons (Fsp3) is 0.182. The molecule has 1 aromatic carbocycles. The highest BCUT2D eigenvalue weighted by Gasteiger charge is 2.13. The van der Waals surface area contributed by atoms with E-state index in [1.165, 1.54) is 0 Å². The van der Waals surface area contributed by atoms with E-state index >= 15 is 0 Å². The van der Waals surface area contributed by atoms with Crippen LogP contribution in [0.1, 0.15) is 16.1 Å². The highest BCUT2D eigenvalue weighted by atomic mass is 79.9. The van der Waals surface area contributed by atoms with Crippen molar-refractivity contribution in [3.8, 4) is 0 Å². The molecule has 3 nitrogen and oxygen atoms in total. The molecule has 0 amide bonds. The van der Waals surface area contributed by atoms with Crippen molar-refractivity contribution in [3.63, 3.8) is 0 Å². The molecule has 1 heterocycles. The second-order valence-corrected chi connectivity index (χ2v) is 4.34. The van der Waals surface area contributed by atoms with E-state index in [-0.39, 0.29) is 5.69 Å². The van der Waals surface area contributed by atoms with Crippen molar-refractivity contribution in [2.75, 3.05) is 0 Å². The lowest BCUT2D eigenvalue weighted by Gasteiger charge is -2.07. The number of nitrogens with zero attached hydrogens (tertiary/aromatic N) is 2. The molecule has 16 heavy (non-hydrogen) atoms. The average Bonchev–Trinajstić information content (AvgIpc) is 2.29. The summed E-state index contributed by atoms with van der Waals surface area (Å²) in [4.78, 5) is 18.1. The van der Waals surface area contributed by atoms with E-state index in [4.69, 9.17) is 0 Å². The average molecular weight is 283 g/mol.